The smallest absolute Gasteiger partial charge is 0.108 e. The summed E-state index contributed by atoms with van der Waals surface area (Å²) in [4.78, 5) is 4.23. The number of aliphatic hydroxyl groups is 1. The third kappa shape index (κ3) is 2.31. The van der Waals surface area contributed by atoms with Gasteiger partial charge in [-0.1, -0.05) is 30.9 Å². The maximum absolute atomic E-state index is 9.24. The highest BCUT2D eigenvalue weighted by atomic mass is 16.3. The summed E-state index contributed by atoms with van der Waals surface area (Å²) in [6.45, 7) is 5.46. The summed E-state index contributed by atoms with van der Waals surface area (Å²) in [6, 6.07) is 8.41. The van der Waals surface area contributed by atoms with Crippen LogP contribution in [-0.4, -0.2) is 14.7 Å². The van der Waals surface area contributed by atoms with Crippen molar-refractivity contribution in [2.75, 3.05) is 0 Å². The number of nitrogens with zero attached hydrogens (tertiary/aromatic N) is 2. The summed E-state index contributed by atoms with van der Waals surface area (Å²) in [5.74, 6) is 0.0520. The van der Waals surface area contributed by atoms with Crippen molar-refractivity contribution in [3.8, 4) is 0 Å². The van der Waals surface area contributed by atoms with E-state index in [0.717, 1.165) is 22.0 Å². The molecule has 3 rings (SSSR count). The van der Waals surface area contributed by atoms with Crippen molar-refractivity contribution in [1.82, 2.24) is 9.55 Å². The quantitative estimate of drug-likeness (QED) is 0.558. The van der Waals surface area contributed by atoms with E-state index >= 15 is 0 Å². The minimum absolute atomic E-state index is 0.0520. The van der Waals surface area contributed by atoms with Crippen molar-refractivity contribution < 1.29 is 5.11 Å². The number of hydrogen-bond donors (Lipinski definition) is 1. The molecule has 110 valence electrons. The molecule has 3 aromatic rings. The van der Waals surface area contributed by atoms with E-state index in [1.807, 2.05) is 37.5 Å². The first-order chi connectivity index (χ1) is 10.6. The zero-order valence-electron chi connectivity index (χ0n) is 12.7. The number of aliphatic hydroxyl groups excluding tert-OH is 1. The van der Waals surface area contributed by atoms with Crippen LogP contribution in [0.15, 0.2) is 67.2 Å². The van der Waals surface area contributed by atoms with Crippen LogP contribution < -0.4 is 0 Å². The fourth-order valence-corrected chi connectivity index (χ4v) is 2.78. The lowest BCUT2D eigenvalue weighted by Gasteiger charge is -2.04. The molecule has 0 aliphatic carbocycles. The van der Waals surface area contributed by atoms with Gasteiger partial charge in [-0.2, -0.15) is 0 Å². The molecule has 0 saturated carbocycles. The molecule has 22 heavy (non-hydrogen) atoms. The fourth-order valence-electron chi connectivity index (χ4n) is 2.78. The van der Waals surface area contributed by atoms with Gasteiger partial charge < -0.3 is 9.67 Å². The molecule has 1 aromatic carbocycles. The van der Waals surface area contributed by atoms with E-state index in [4.69, 9.17) is 0 Å². The number of allylic oxidation sites excluding steroid dienone is 4. The van der Waals surface area contributed by atoms with Gasteiger partial charge in [-0.25, -0.2) is 0 Å². The molecule has 1 N–H and O–H groups in total. The predicted octanol–water partition coefficient (Wildman–Crippen LogP) is 4.76. The molecule has 0 aliphatic rings. The number of fused-ring (bicyclic) bond motifs is 3. The number of hydrogen-bond acceptors (Lipinski definition) is 2. The minimum Gasteiger partial charge on any atom is -0.509 e. The van der Waals surface area contributed by atoms with E-state index < -0.39 is 0 Å². The van der Waals surface area contributed by atoms with Crippen molar-refractivity contribution in [3.63, 3.8) is 0 Å². The van der Waals surface area contributed by atoms with Crippen LogP contribution in [0.2, 0.25) is 0 Å². The maximum atomic E-state index is 9.24. The average molecular weight is 290 g/mol. The van der Waals surface area contributed by atoms with Crippen molar-refractivity contribution >= 4 is 27.4 Å². The highest BCUT2D eigenvalue weighted by Crippen LogP contribution is 2.30. The van der Waals surface area contributed by atoms with Gasteiger partial charge in [0.15, 0.2) is 0 Å². The van der Waals surface area contributed by atoms with Crippen LogP contribution in [0.3, 0.4) is 0 Å². The summed E-state index contributed by atoms with van der Waals surface area (Å²) in [5.41, 5.74) is 4.48. The van der Waals surface area contributed by atoms with Gasteiger partial charge in [-0.3, -0.25) is 4.98 Å². The Labute approximate surface area is 129 Å². The SMILES string of the molecule is C=C(O)/C=C\C(=C/C)c1ccc2c3cnccc3n(C)c2c1. The van der Waals surface area contributed by atoms with Gasteiger partial charge in [0.2, 0.25) is 0 Å². The summed E-state index contributed by atoms with van der Waals surface area (Å²) in [6.07, 6.45) is 9.21. The van der Waals surface area contributed by atoms with E-state index in [1.54, 1.807) is 6.08 Å². The summed E-state index contributed by atoms with van der Waals surface area (Å²) < 4.78 is 2.18. The molecule has 0 aliphatic heterocycles. The lowest BCUT2D eigenvalue weighted by Crippen LogP contribution is -1.88. The monoisotopic (exact) mass is 290 g/mol. The van der Waals surface area contributed by atoms with Gasteiger partial charge in [0.05, 0.1) is 5.52 Å². The molecule has 0 radical (unpaired) electrons. The van der Waals surface area contributed by atoms with Crippen LogP contribution in [0.25, 0.3) is 27.4 Å². The zero-order chi connectivity index (χ0) is 15.7. The fraction of sp³-hybridized carbons (Fsp3) is 0.105. The normalized spacial score (nSPS) is 12.5. The molecule has 2 heterocycles. The first-order valence-corrected chi connectivity index (χ1v) is 7.16. The Bertz CT molecular complexity index is 929. The molecule has 0 bridgehead atoms. The number of aromatic nitrogens is 2. The first-order valence-electron chi connectivity index (χ1n) is 7.16. The van der Waals surface area contributed by atoms with Crippen molar-refractivity contribution in [1.29, 1.82) is 0 Å². The molecule has 0 saturated heterocycles. The predicted molar refractivity (Wildman–Crippen MR) is 92.8 cm³/mol. The van der Waals surface area contributed by atoms with Gasteiger partial charge >= 0.3 is 0 Å². The van der Waals surface area contributed by atoms with Crippen LogP contribution in [0.4, 0.5) is 0 Å². The standard InChI is InChI=1S/C19H18N2O/c1-4-14(6-5-13(2)22)15-7-8-16-17-12-20-10-9-18(17)21(3)19(16)11-15/h4-12,22H,2H2,1,3H3/b6-5-,14-4+. The molecule has 0 fully saturated rings. The van der Waals surface area contributed by atoms with E-state index in [-0.39, 0.29) is 5.76 Å². The number of benzene rings is 1. The van der Waals surface area contributed by atoms with E-state index in [2.05, 4.69) is 41.4 Å². The zero-order valence-corrected chi connectivity index (χ0v) is 12.7. The highest BCUT2D eigenvalue weighted by molar-refractivity contribution is 6.08. The highest BCUT2D eigenvalue weighted by Gasteiger charge is 2.09. The minimum atomic E-state index is 0.0520. The molecule has 0 spiro atoms. The van der Waals surface area contributed by atoms with Crippen LogP contribution in [0, 0.1) is 0 Å². The summed E-state index contributed by atoms with van der Waals surface area (Å²) in [5, 5.41) is 11.6. The molecule has 3 heteroatoms. The van der Waals surface area contributed by atoms with Crippen molar-refractivity contribution in [2.24, 2.45) is 7.05 Å². The van der Waals surface area contributed by atoms with Crippen molar-refractivity contribution in [2.45, 2.75) is 6.92 Å². The molecule has 0 atom stereocenters. The Balaban J connectivity index is 2.20. The van der Waals surface area contributed by atoms with E-state index in [0.29, 0.717) is 0 Å². The third-order valence-electron chi connectivity index (χ3n) is 3.91. The molecular formula is C19H18N2O. The van der Waals surface area contributed by atoms with E-state index in [1.165, 1.54) is 10.9 Å². The Morgan fingerprint density at radius 2 is 2.00 bits per heavy atom. The van der Waals surface area contributed by atoms with Gasteiger partial charge in [0.1, 0.15) is 5.76 Å². The first kappa shape index (κ1) is 14.1. The Hall–Kier alpha value is -2.81. The Morgan fingerprint density at radius 3 is 2.73 bits per heavy atom. The largest absolute Gasteiger partial charge is 0.509 e. The van der Waals surface area contributed by atoms with Crippen LogP contribution in [0.5, 0.6) is 0 Å². The molecule has 2 aromatic heterocycles. The second-order valence-corrected chi connectivity index (χ2v) is 5.25. The summed E-state index contributed by atoms with van der Waals surface area (Å²) >= 11 is 0. The van der Waals surface area contributed by atoms with Crippen LogP contribution in [-0.2, 0) is 7.05 Å². The lowest BCUT2D eigenvalue weighted by molar-refractivity contribution is 0.435. The van der Waals surface area contributed by atoms with Crippen LogP contribution in [0.1, 0.15) is 12.5 Å². The van der Waals surface area contributed by atoms with Gasteiger partial charge in [-0.05, 0) is 36.3 Å². The van der Waals surface area contributed by atoms with E-state index in [9.17, 15) is 5.11 Å². The molecular weight excluding hydrogens is 272 g/mol. The molecule has 3 nitrogen and oxygen atoms in total. The van der Waals surface area contributed by atoms with Crippen LogP contribution >= 0.6 is 0 Å². The average Bonchev–Trinajstić information content (AvgIpc) is 2.81. The Morgan fingerprint density at radius 1 is 1.18 bits per heavy atom. The van der Waals surface area contributed by atoms with Gasteiger partial charge in [-0.15, -0.1) is 0 Å². The van der Waals surface area contributed by atoms with Gasteiger partial charge in [0.25, 0.3) is 0 Å². The summed E-state index contributed by atoms with van der Waals surface area (Å²) in [7, 11) is 2.06. The third-order valence-corrected chi connectivity index (χ3v) is 3.91. The number of rotatable bonds is 3. The molecule has 0 amide bonds. The second-order valence-electron chi connectivity index (χ2n) is 5.25. The Kier molecular flexibility index (Phi) is 3.55. The lowest BCUT2D eigenvalue weighted by atomic mass is 10.0. The topological polar surface area (TPSA) is 38.1 Å². The van der Waals surface area contributed by atoms with Gasteiger partial charge in [0, 0.05) is 35.7 Å². The number of pyridine rings is 1. The maximum Gasteiger partial charge on any atom is 0.108 e. The molecule has 0 unspecified atom stereocenters. The van der Waals surface area contributed by atoms with Crippen molar-refractivity contribution in [3.05, 3.63) is 72.8 Å². The second kappa shape index (κ2) is 5.53. The number of aryl methyl sites for hydroxylation is 1.